The van der Waals surface area contributed by atoms with Crippen LogP contribution in [0, 0.1) is 0 Å². The lowest BCUT2D eigenvalue weighted by atomic mass is 10.0. The van der Waals surface area contributed by atoms with E-state index in [0.717, 1.165) is 42.6 Å². The number of ether oxygens (including phenoxy) is 1. The summed E-state index contributed by atoms with van der Waals surface area (Å²) in [7, 11) is 3.94. The van der Waals surface area contributed by atoms with E-state index in [9.17, 15) is 9.90 Å². The molecule has 1 aliphatic rings. The number of halogens is 2. The summed E-state index contributed by atoms with van der Waals surface area (Å²) in [5.74, 6) is 0. The summed E-state index contributed by atoms with van der Waals surface area (Å²) < 4.78 is 5.94. The lowest BCUT2D eigenvalue weighted by Crippen LogP contribution is -2.49. The van der Waals surface area contributed by atoms with Crippen LogP contribution in [0.2, 0.25) is 10.0 Å². The molecule has 2 aromatic rings. The molecular formula is C24H31Cl2N3O3. The summed E-state index contributed by atoms with van der Waals surface area (Å²) in [5.41, 5.74) is 2.55. The molecule has 1 unspecified atom stereocenters. The molecule has 0 aliphatic carbocycles. The Bertz CT molecular complexity index is 887. The SMILES string of the molecule is CN1CCC(N(C)C(=O)NC(COCc2ccc(CO)cc2)c2cccc(Cl)c2Cl)CC1. The van der Waals surface area contributed by atoms with Crippen LogP contribution in [0.5, 0.6) is 0 Å². The molecule has 1 aliphatic heterocycles. The van der Waals surface area contributed by atoms with Crippen LogP contribution in [0.4, 0.5) is 4.79 Å². The molecule has 0 aromatic heterocycles. The van der Waals surface area contributed by atoms with E-state index in [1.54, 1.807) is 11.0 Å². The van der Waals surface area contributed by atoms with Gasteiger partial charge < -0.3 is 25.0 Å². The van der Waals surface area contributed by atoms with Crippen LogP contribution in [-0.4, -0.2) is 60.8 Å². The number of carbonyl (C=O) groups is 1. The van der Waals surface area contributed by atoms with E-state index in [1.165, 1.54) is 0 Å². The van der Waals surface area contributed by atoms with E-state index in [-0.39, 0.29) is 25.3 Å². The third kappa shape index (κ3) is 6.59. The Morgan fingerprint density at radius 1 is 1.19 bits per heavy atom. The number of aliphatic hydroxyl groups is 1. The Morgan fingerprint density at radius 3 is 2.50 bits per heavy atom. The number of urea groups is 1. The number of aliphatic hydroxyl groups excluding tert-OH is 1. The predicted octanol–water partition coefficient (Wildman–Crippen LogP) is 4.48. The van der Waals surface area contributed by atoms with Gasteiger partial charge in [0.05, 0.1) is 35.9 Å². The van der Waals surface area contributed by atoms with Crippen molar-refractivity contribution in [3.8, 4) is 0 Å². The molecule has 32 heavy (non-hydrogen) atoms. The molecule has 0 spiro atoms. The van der Waals surface area contributed by atoms with Crippen molar-refractivity contribution in [2.45, 2.75) is 38.1 Å². The van der Waals surface area contributed by atoms with Gasteiger partial charge in [0.25, 0.3) is 0 Å². The van der Waals surface area contributed by atoms with E-state index < -0.39 is 6.04 Å². The van der Waals surface area contributed by atoms with Crippen molar-refractivity contribution < 1.29 is 14.6 Å². The van der Waals surface area contributed by atoms with Crippen LogP contribution >= 0.6 is 23.2 Å². The summed E-state index contributed by atoms with van der Waals surface area (Å²) in [6, 6.07) is 12.6. The number of rotatable bonds is 8. The van der Waals surface area contributed by atoms with Crippen molar-refractivity contribution in [1.82, 2.24) is 15.1 Å². The predicted molar refractivity (Wildman–Crippen MR) is 128 cm³/mol. The van der Waals surface area contributed by atoms with Gasteiger partial charge >= 0.3 is 6.03 Å². The molecule has 1 heterocycles. The topological polar surface area (TPSA) is 65.0 Å². The fourth-order valence-corrected chi connectivity index (χ4v) is 4.27. The number of hydrogen-bond donors (Lipinski definition) is 2. The Balaban J connectivity index is 1.67. The lowest BCUT2D eigenvalue weighted by molar-refractivity contribution is 0.0946. The molecule has 1 atom stereocenters. The molecule has 0 saturated carbocycles. The first-order valence-corrected chi connectivity index (χ1v) is 11.6. The highest BCUT2D eigenvalue weighted by molar-refractivity contribution is 6.42. The van der Waals surface area contributed by atoms with Crippen LogP contribution in [0.3, 0.4) is 0 Å². The molecule has 0 bridgehead atoms. The lowest BCUT2D eigenvalue weighted by Gasteiger charge is -2.36. The summed E-state index contributed by atoms with van der Waals surface area (Å²) in [6.45, 7) is 2.58. The van der Waals surface area contributed by atoms with Crippen molar-refractivity contribution in [3.05, 3.63) is 69.2 Å². The molecule has 6 nitrogen and oxygen atoms in total. The second-order valence-corrected chi connectivity index (χ2v) is 9.07. The average molecular weight is 480 g/mol. The van der Waals surface area contributed by atoms with E-state index in [1.807, 2.05) is 43.4 Å². The number of nitrogens with zero attached hydrogens (tertiary/aromatic N) is 2. The number of likely N-dealkylation sites (tertiary alicyclic amines) is 1. The van der Waals surface area contributed by atoms with Gasteiger partial charge in [0, 0.05) is 13.1 Å². The van der Waals surface area contributed by atoms with E-state index in [0.29, 0.717) is 16.7 Å². The van der Waals surface area contributed by atoms with Gasteiger partial charge in [-0.2, -0.15) is 0 Å². The van der Waals surface area contributed by atoms with Crippen molar-refractivity contribution >= 4 is 29.2 Å². The molecule has 174 valence electrons. The van der Waals surface area contributed by atoms with Crippen molar-refractivity contribution in [3.63, 3.8) is 0 Å². The smallest absolute Gasteiger partial charge is 0.317 e. The van der Waals surface area contributed by atoms with Gasteiger partial charge in [0.2, 0.25) is 0 Å². The molecule has 1 saturated heterocycles. The molecule has 2 N–H and O–H groups in total. The maximum atomic E-state index is 13.1. The van der Waals surface area contributed by atoms with Gasteiger partial charge in [-0.1, -0.05) is 59.6 Å². The standard InChI is InChI=1S/C24H31Cl2N3O3/c1-28-12-10-19(11-13-28)29(2)24(31)27-22(20-4-3-5-21(25)23(20)26)16-32-15-18-8-6-17(14-30)7-9-18/h3-9,19,22,30H,10-16H2,1-2H3,(H,27,31). The quantitative estimate of drug-likeness (QED) is 0.585. The van der Waals surface area contributed by atoms with Crippen molar-refractivity contribution in [1.29, 1.82) is 0 Å². The van der Waals surface area contributed by atoms with Gasteiger partial charge in [0.15, 0.2) is 0 Å². The van der Waals surface area contributed by atoms with Crippen LogP contribution < -0.4 is 5.32 Å². The number of hydrogen-bond acceptors (Lipinski definition) is 4. The number of benzene rings is 2. The van der Waals surface area contributed by atoms with Gasteiger partial charge in [-0.25, -0.2) is 4.79 Å². The Kier molecular flexibility index (Phi) is 9.20. The van der Waals surface area contributed by atoms with Crippen LogP contribution in [-0.2, 0) is 18.0 Å². The number of amides is 2. The molecule has 3 rings (SSSR count). The zero-order valence-corrected chi connectivity index (χ0v) is 20.1. The Morgan fingerprint density at radius 2 is 1.84 bits per heavy atom. The third-order valence-electron chi connectivity index (χ3n) is 5.97. The number of piperidine rings is 1. The number of nitrogens with one attached hydrogen (secondary N) is 1. The summed E-state index contributed by atoms with van der Waals surface area (Å²) in [5, 5.41) is 13.1. The second kappa shape index (κ2) is 11.9. The molecule has 0 radical (unpaired) electrons. The van der Waals surface area contributed by atoms with Gasteiger partial charge in [-0.3, -0.25) is 0 Å². The maximum absolute atomic E-state index is 13.1. The minimum Gasteiger partial charge on any atom is -0.392 e. The summed E-state index contributed by atoms with van der Waals surface area (Å²) in [6.07, 6.45) is 1.90. The zero-order valence-electron chi connectivity index (χ0n) is 18.6. The zero-order chi connectivity index (χ0) is 23.1. The maximum Gasteiger partial charge on any atom is 0.317 e. The first-order chi connectivity index (χ1) is 15.4. The monoisotopic (exact) mass is 479 g/mol. The normalized spacial score (nSPS) is 16.0. The first-order valence-electron chi connectivity index (χ1n) is 10.8. The molecule has 2 aromatic carbocycles. The molecule has 8 heteroatoms. The summed E-state index contributed by atoms with van der Waals surface area (Å²) >= 11 is 12.7. The van der Waals surface area contributed by atoms with Crippen LogP contribution in [0.1, 0.15) is 35.6 Å². The second-order valence-electron chi connectivity index (χ2n) is 8.28. The highest BCUT2D eigenvalue weighted by Crippen LogP contribution is 2.30. The summed E-state index contributed by atoms with van der Waals surface area (Å²) in [4.78, 5) is 17.1. The molecule has 1 fully saturated rings. The first kappa shape index (κ1) is 24.8. The molecule has 2 amide bonds. The molecular weight excluding hydrogens is 449 g/mol. The fraction of sp³-hybridized carbons (Fsp3) is 0.458. The van der Waals surface area contributed by atoms with E-state index in [2.05, 4.69) is 17.3 Å². The van der Waals surface area contributed by atoms with Crippen molar-refractivity contribution in [2.24, 2.45) is 0 Å². The van der Waals surface area contributed by atoms with Gasteiger partial charge in [0.1, 0.15) is 0 Å². The highest BCUT2D eigenvalue weighted by atomic mass is 35.5. The van der Waals surface area contributed by atoms with Gasteiger partial charge in [-0.05, 0) is 55.7 Å². The third-order valence-corrected chi connectivity index (χ3v) is 6.80. The minimum absolute atomic E-state index is 0.00725. The average Bonchev–Trinajstić information content (AvgIpc) is 2.80. The van der Waals surface area contributed by atoms with Crippen LogP contribution in [0.25, 0.3) is 0 Å². The van der Waals surface area contributed by atoms with E-state index >= 15 is 0 Å². The van der Waals surface area contributed by atoms with Crippen LogP contribution in [0.15, 0.2) is 42.5 Å². The van der Waals surface area contributed by atoms with Gasteiger partial charge in [-0.15, -0.1) is 0 Å². The minimum atomic E-state index is -0.445. The highest BCUT2D eigenvalue weighted by Gasteiger charge is 2.27. The Hall–Kier alpha value is -1.83. The Labute approximate surface area is 200 Å². The van der Waals surface area contributed by atoms with E-state index in [4.69, 9.17) is 27.9 Å². The number of carbonyl (C=O) groups excluding carboxylic acids is 1. The fourth-order valence-electron chi connectivity index (χ4n) is 3.83. The van der Waals surface area contributed by atoms with Crippen molar-refractivity contribution in [2.75, 3.05) is 33.8 Å². The largest absolute Gasteiger partial charge is 0.392 e.